The van der Waals surface area contributed by atoms with E-state index in [1.165, 1.54) is 5.56 Å². The van der Waals surface area contributed by atoms with Crippen molar-refractivity contribution in [3.63, 3.8) is 0 Å². The summed E-state index contributed by atoms with van der Waals surface area (Å²) < 4.78 is 11.8. The Bertz CT molecular complexity index is 747. The smallest absolute Gasteiger partial charge is 0.191 e. The standard InChI is InChI=1S/C25H36N4O2/c1-26-25(28-16-20-31-23-11-6-3-7-12-23)27-15-8-19-30-24-13-17-29(18-14-24)21-22-9-4-2-5-10-22/h2-7,9-12,24H,8,13-21H2,1H3,(H2,26,27,28). The molecule has 0 aromatic heterocycles. The first-order chi connectivity index (χ1) is 15.3. The van der Waals surface area contributed by atoms with E-state index in [0.717, 1.165) is 63.8 Å². The van der Waals surface area contributed by atoms with Crippen molar-refractivity contribution >= 4 is 5.96 Å². The van der Waals surface area contributed by atoms with E-state index in [4.69, 9.17) is 9.47 Å². The number of hydrogen-bond acceptors (Lipinski definition) is 4. The van der Waals surface area contributed by atoms with Crippen molar-refractivity contribution in [2.24, 2.45) is 4.99 Å². The van der Waals surface area contributed by atoms with Crippen molar-refractivity contribution in [1.29, 1.82) is 0 Å². The zero-order chi connectivity index (χ0) is 21.6. The molecule has 0 unspecified atom stereocenters. The fourth-order valence-corrected chi connectivity index (χ4v) is 3.68. The van der Waals surface area contributed by atoms with Crippen LogP contribution >= 0.6 is 0 Å². The minimum Gasteiger partial charge on any atom is -0.492 e. The summed E-state index contributed by atoms with van der Waals surface area (Å²) in [6, 6.07) is 20.5. The van der Waals surface area contributed by atoms with Crippen molar-refractivity contribution in [3.05, 3.63) is 66.2 Å². The molecule has 0 bridgehead atoms. The molecule has 6 nitrogen and oxygen atoms in total. The summed E-state index contributed by atoms with van der Waals surface area (Å²) >= 11 is 0. The van der Waals surface area contributed by atoms with Gasteiger partial charge in [-0.15, -0.1) is 0 Å². The largest absolute Gasteiger partial charge is 0.492 e. The number of likely N-dealkylation sites (tertiary alicyclic amines) is 1. The number of piperidine rings is 1. The summed E-state index contributed by atoms with van der Waals surface area (Å²) in [5.74, 6) is 1.68. The van der Waals surface area contributed by atoms with E-state index >= 15 is 0 Å². The highest BCUT2D eigenvalue weighted by atomic mass is 16.5. The molecule has 0 spiro atoms. The minimum absolute atomic E-state index is 0.389. The monoisotopic (exact) mass is 424 g/mol. The molecule has 2 N–H and O–H groups in total. The van der Waals surface area contributed by atoms with E-state index in [2.05, 4.69) is 50.9 Å². The second-order valence-corrected chi connectivity index (χ2v) is 7.77. The lowest BCUT2D eigenvalue weighted by Gasteiger charge is -2.32. The van der Waals surface area contributed by atoms with Gasteiger partial charge < -0.3 is 20.1 Å². The molecule has 1 aliphatic rings. The summed E-state index contributed by atoms with van der Waals surface area (Å²) in [5, 5.41) is 6.61. The van der Waals surface area contributed by atoms with Gasteiger partial charge in [0, 0.05) is 39.8 Å². The van der Waals surface area contributed by atoms with E-state index in [1.807, 2.05) is 30.3 Å². The number of nitrogens with one attached hydrogen (secondary N) is 2. The Hall–Kier alpha value is -2.57. The summed E-state index contributed by atoms with van der Waals surface area (Å²) in [5.41, 5.74) is 1.39. The number of benzene rings is 2. The third-order valence-corrected chi connectivity index (χ3v) is 5.38. The molecule has 31 heavy (non-hydrogen) atoms. The van der Waals surface area contributed by atoms with E-state index in [-0.39, 0.29) is 0 Å². The SMILES string of the molecule is CN=C(NCCCOC1CCN(Cc2ccccc2)CC1)NCCOc1ccccc1. The van der Waals surface area contributed by atoms with E-state index in [1.54, 1.807) is 7.05 Å². The van der Waals surface area contributed by atoms with E-state index < -0.39 is 0 Å². The maximum absolute atomic E-state index is 6.10. The number of hydrogen-bond donors (Lipinski definition) is 2. The van der Waals surface area contributed by atoms with Crippen LogP contribution in [0.4, 0.5) is 0 Å². The molecule has 168 valence electrons. The second-order valence-electron chi connectivity index (χ2n) is 7.77. The van der Waals surface area contributed by atoms with Crippen LogP contribution < -0.4 is 15.4 Å². The van der Waals surface area contributed by atoms with Gasteiger partial charge in [-0.25, -0.2) is 0 Å². The molecule has 1 aliphatic heterocycles. The van der Waals surface area contributed by atoms with Crippen molar-refractivity contribution in [2.45, 2.75) is 31.9 Å². The first-order valence-corrected chi connectivity index (χ1v) is 11.3. The van der Waals surface area contributed by atoms with Crippen LogP contribution in [0.1, 0.15) is 24.8 Å². The third-order valence-electron chi connectivity index (χ3n) is 5.38. The highest BCUT2D eigenvalue weighted by Gasteiger charge is 2.19. The molecule has 2 aromatic rings. The van der Waals surface area contributed by atoms with Gasteiger partial charge in [-0.05, 0) is 37.0 Å². The van der Waals surface area contributed by atoms with E-state index in [9.17, 15) is 0 Å². The molecule has 0 radical (unpaired) electrons. The average Bonchev–Trinajstić information content (AvgIpc) is 2.82. The normalized spacial score (nSPS) is 15.6. The van der Waals surface area contributed by atoms with Gasteiger partial charge in [0.2, 0.25) is 0 Å². The van der Waals surface area contributed by atoms with Crippen LogP contribution in [0.2, 0.25) is 0 Å². The minimum atomic E-state index is 0.389. The number of para-hydroxylation sites is 1. The molecule has 0 atom stereocenters. The van der Waals surface area contributed by atoms with Crippen LogP contribution in [0.3, 0.4) is 0 Å². The van der Waals surface area contributed by atoms with Crippen LogP contribution in [0, 0.1) is 0 Å². The lowest BCUT2D eigenvalue weighted by molar-refractivity contribution is 0.00534. The number of nitrogens with zero attached hydrogens (tertiary/aromatic N) is 2. The van der Waals surface area contributed by atoms with Crippen LogP contribution in [-0.4, -0.2) is 63.4 Å². The Morgan fingerprint density at radius 1 is 0.935 bits per heavy atom. The summed E-state index contributed by atoms with van der Waals surface area (Å²) in [4.78, 5) is 6.78. The number of rotatable bonds is 11. The summed E-state index contributed by atoms with van der Waals surface area (Å²) in [7, 11) is 1.78. The van der Waals surface area contributed by atoms with Gasteiger partial charge in [0.05, 0.1) is 12.6 Å². The molecular weight excluding hydrogens is 388 g/mol. The molecular formula is C25H36N4O2. The Labute approximate surface area is 186 Å². The highest BCUT2D eigenvalue weighted by molar-refractivity contribution is 5.79. The predicted molar refractivity (Wildman–Crippen MR) is 127 cm³/mol. The Balaban J connectivity index is 1.19. The average molecular weight is 425 g/mol. The Morgan fingerprint density at radius 2 is 1.61 bits per heavy atom. The van der Waals surface area contributed by atoms with Crippen LogP contribution in [0.15, 0.2) is 65.7 Å². The zero-order valence-corrected chi connectivity index (χ0v) is 18.6. The molecule has 2 aromatic carbocycles. The summed E-state index contributed by atoms with van der Waals surface area (Å²) in [6.45, 7) is 6.18. The van der Waals surface area contributed by atoms with Gasteiger partial charge in [-0.3, -0.25) is 9.89 Å². The molecule has 0 saturated carbocycles. The first-order valence-electron chi connectivity index (χ1n) is 11.3. The van der Waals surface area contributed by atoms with Gasteiger partial charge in [0.1, 0.15) is 12.4 Å². The fraction of sp³-hybridized carbons (Fsp3) is 0.480. The van der Waals surface area contributed by atoms with Gasteiger partial charge in [0.15, 0.2) is 5.96 Å². The van der Waals surface area contributed by atoms with Gasteiger partial charge in [0.25, 0.3) is 0 Å². The highest BCUT2D eigenvalue weighted by Crippen LogP contribution is 2.16. The quantitative estimate of drug-likeness (QED) is 0.329. The molecule has 1 heterocycles. The topological polar surface area (TPSA) is 58.1 Å². The zero-order valence-electron chi connectivity index (χ0n) is 18.6. The van der Waals surface area contributed by atoms with Crippen molar-refractivity contribution in [2.75, 3.05) is 46.4 Å². The maximum atomic E-state index is 6.10. The Morgan fingerprint density at radius 3 is 2.32 bits per heavy atom. The number of aliphatic imine (C=N–C) groups is 1. The van der Waals surface area contributed by atoms with Gasteiger partial charge in [-0.2, -0.15) is 0 Å². The molecule has 1 fully saturated rings. The third kappa shape index (κ3) is 8.99. The molecule has 0 amide bonds. The lowest BCUT2D eigenvalue weighted by atomic mass is 10.1. The summed E-state index contributed by atoms with van der Waals surface area (Å²) in [6.07, 6.45) is 3.58. The van der Waals surface area contributed by atoms with E-state index in [0.29, 0.717) is 19.3 Å². The first kappa shape index (κ1) is 23.1. The number of guanidine groups is 1. The fourth-order valence-electron chi connectivity index (χ4n) is 3.68. The van der Waals surface area contributed by atoms with Crippen molar-refractivity contribution in [3.8, 4) is 5.75 Å². The molecule has 3 rings (SSSR count). The maximum Gasteiger partial charge on any atom is 0.191 e. The van der Waals surface area contributed by atoms with Crippen LogP contribution in [-0.2, 0) is 11.3 Å². The predicted octanol–water partition coefficient (Wildman–Crippen LogP) is 3.30. The van der Waals surface area contributed by atoms with Crippen LogP contribution in [0.25, 0.3) is 0 Å². The molecule has 1 saturated heterocycles. The molecule has 0 aliphatic carbocycles. The van der Waals surface area contributed by atoms with Crippen molar-refractivity contribution in [1.82, 2.24) is 15.5 Å². The van der Waals surface area contributed by atoms with Gasteiger partial charge >= 0.3 is 0 Å². The lowest BCUT2D eigenvalue weighted by Crippen LogP contribution is -2.40. The molecule has 6 heteroatoms. The van der Waals surface area contributed by atoms with Crippen molar-refractivity contribution < 1.29 is 9.47 Å². The number of ether oxygens (including phenoxy) is 2. The Kier molecular flexibility index (Phi) is 10.2. The van der Waals surface area contributed by atoms with Crippen LogP contribution in [0.5, 0.6) is 5.75 Å². The second kappa shape index (κ2) is 13.7. The van der Waals surface area contributed by atoms with Gasteiger partial charge in [-0.1, -0.05) is 48.5 Å².